The van der Waals surface area contributed by atoms with Gasteiger partial charge in [-0.3, -0.25) is 4.40 Å². The van der Waals surface area contributed by atoms with Crippen LogP contribution in [0.4, 0.5) is 5.95 Å². The summed E-state index contributed by atoms with van der Waals surface area (Å²) in [7, 11) is 0. The van der Waals surface area contributed by atoms with Crippen LogP contribution in [0, 0.1) is 11.8 Å². The summed E-state index contributed by atoms with van der Waals surface area (Å²) in [5.41, 5.74) is 19.1. The number of allylic oxidation sites excluding steroid dienone is 4. The maximum atomic E-state index is 5.84. The molecule has 2 atom stereocenters. The highest BCUT2D eigenvalue weighted by molar-refractivity contribution is 5.83. The Kier molecular flexibility index (Phi) is 3.24. The second-order valence-electron chi connectivity index (χ2n) is 7.06. The van der Waals surface area contributed by atoms with E-state index in [1.807, 2.05) is 24.4 Å². The molecule has 0 spiro atoms. The SMILES string of the molecule is CC1=CC=C(c2nc3cc(CN)ccn3c2-c2ccnc(N)n2)C2CC12. The highest BCUT2D eigenvalue weighted by atomic mass is 15.1. The van der Waals surface area contributed by atoms with E-state index in [2.05, 4.69) is 33.4 Å². The zero-order chi connectivity index (χ0) is 17.8. The summed E-state index contributed by atoms with van der Waals surface area (Å²) >= 11 is 0. The Balaban J connectivity index is 1.78. The topological polar surface area (TPSA) is 95.1 Å². The number of fused-ring (bicyclic) bond motifs is 2. The van der Waals surface area contributed by atoms with Crippen molar-refractivity contribution in [2.45, 2.75) is 19.9 Å². The molecule has 3 aromatic heterocycles. The molecule has 4 N–H and O–H groups in total. The van der Waals surface area contributed by atoms with Crippen molar-refractivity contribution in [3.63, 3.8) is 0 Å². The summed E-state index contributed by atoms with van der Waals surface area (Å²) in [6.45, 7) is 2.70. The van der Waals surface area contributed by atoms with Crippen LogP contribution in [-0.4, -0.2) is 19.4 Å². The van der Waals surface area contributed by atoms with E-state index in [1.165, 1.54) is 17.6 Å². The highest BCUT2D eigenvalue weighted by Crippen LogP contribution is 2.55. The van der Waals surface area contributed by atoms with Gasteiger partial charge in [-0.1, -0.05) is 17.7 Å². The van der Waals surface area contributed by atoms with Crippen LogP contribution in [0.1, 0.15) is 24.6 Å². The molecule has 5 rings (SSSR count). The fraction of sp³-hybridized carbons (Fsp3) is 0.250. The molecule has 130 valence electrons. The third-order valence-electron chi connectivity index (χ3n) is 5.42. The van der Waals surface area contributed by atoms with Crippen LogP contribution in [0.2, 0.25) is 0 Å². The van der Waals surface area contributed by atoms with Gasteiger partial charge in [0.1, 0.15) is 5.65 Å². The van der Waals surface area contributed by atoms with E-state index in [0.29, 0.717) is 18.4 Å². The van der Waals surface area contributed by atoms with Crippen molar-refractivity contribution < 1.29 is 0 Å². The smallest absolute Gasteiger partial charge is 0.220 e. The molecule has 1 fully saturated rings. The Bertz CT molecular complexity index is 1090. The Hall–Kier alpha value is -2.99. The summed E-state index contributed by atoms with van der Waals surface area (Å²) in [6, 6.07) is 5.94. The minimum absolute atomic E-state index is 0.264. The standard InChI is InChI=1S/C20H20N6/c1-11-2-3-13(15-9-14(11)15)18-19(16-4-6-23-20(22)24-16)26-7-5-12(10-21)8-17(26)25-18/h2-8,14-15H,9-10,21H2,1H3,(H2,22,23,24). The number of aromatic nitrogens is 4. The van der Waals surface area contributed by atoms with Gasteiger partial charge < -0.3 is 11.5 Å². The number of nitrogen functional groups attached to an aromatic ring is 1. The predicted molar refractivity (Wildman–Crippen MR) is 102 cm³/mol. The first-order valence-electron chi connectivity index (χ1n) is 8.84. The van der Waals surface area contributed by atoms with Gasteiger partial charge in [0.15, 0.2) is 0 Å². The van der Waals surface area contributed by atoms with Gasteiger partial charge in [0.05, 0.1) is 17.1 Å². The number of pyridine rings is 1. The van der Waals surface area contributed by atoms with E-state index < -0.39 is 0 Å². The van der Waals surface area contributed by atoms with E-state index in [4.69, 9.17) is 16.5 Å². The molecule has 3 aromatic rings. The van der Waals surface area contributed by atoms with Gasteiger partial charge in [-0.2, -0.15) is 0 Å². The van der Waals surface area contributed by atoms with Crippen molar-refractivity contribution in [3.8, 4) is 11.4 Å². The molecule has 2 aliphatic carbocycles. The van der Waals surface area contributed by atoms with Gasteiger partial charge in [-0.05, 0) is 54.5 Å². The van der Waals surface area contributed by atoms with Crippen LogP contribution in [-0.2, 0) is 6.54 Å². The predicted octanol–water partition coefficient (Wildman–Crippen LogP) is 2.81. The lowest BCUT2D eigenvalue weighted by atomic mass is 9.95. The molecule has 2 aliphatic rings. The second-order valence-corrected chi connectivity index (χ2v) is 7.06. The first-order valence-corrected chi connectivity index (χ1v) is 8.84. The molecule has 0 radical (unpaired) electrons. The van der Waals surface area contributed by atoms with Crippen LogP contribution >= 0.6 is 0 Å². The van der Waals surface area contributed by atoms with Crippen molar-refractivity contribution in [1.82, 2.24) is 19.4 Å². The summed E-state index contributed by atoms with van der Waals surface area (Å²) < 4.78 is 2.07. The van der Waals surface area contributed by atoms with Gasteiger partial charge in [0.25, 0.3) is 0 Å². The van der Waals surface area contributed by atoms with Crippen molar-refractivity contribution in [3.05, 3.63) is 59.6 Å². The van der Waals surface area contributed by atoms with Crippen molar-refractivity contribution in [2.24, 2.45) is 17.6 Å². The number of anilines is 1. The van der Waals surface area contributed by atoms with E-state index in [0.717, 1.165) is 28.3 Å². The van der Waals surface area contributed by atoms with E-state index >= 15 is 0 Å². The molecule has 6 heteroatoms. The Morgan fingerprint density at radius 3 is 2.88 bits per heavy atom. The number of hydrogen-bond donors (Lipinski definition) is 2. The number of rotatable bonds is 3. The zero-order valence-electron chi connectivity index (χ0n) is 14.6. The average Bonchev–Trinajstić information content (AvgIpc) is 3.36. The number of nitrogens with zero attached hydrogens (tertiary/aromatic N) is 4. The summed E-state index contributed by atoms with van der Waals surface area (Å²) in [4.78, 5) is 13.4. The molecule has 0 aromatic carbocycles. The minimum atomic E-state index is 0.264. The summed E-state index contributed by atoms with van der Waals surface area (Å²) in [5, 5.41) is 0. The fourth-order valence-corrected chi connectivity index (χ4v) is 3.93. The molecule has 2 unspecified atom stereocenters. The monoisotopic (exact) mass is 344 g/mol. The third kappa shape index (κ3) is 2.26. The minimum Gasteiger partial charge on any atom is -0.368 e. The summed E-state index contributed by atoms with van der Waals surface area (Å²) in [6.07, 6.45) is 9.33. The number of imidazole rings is 1. The van der Waals surface area contributed by atoms with Crippen molar-refractivity contribution in [2.75, 3.05) is 5.73 Å². The molecule has 3 heterocycles. The lowest BCUT2D eigenvalue weighted by Crippen LogP contribution is -2.01. The molecular weight excluding hydrogens is 324 g/mol. The first kappa shape index (κ1) is 15.3. The number of nitrogens with two attached hydrogens (primary N) is 2. The normalized spacial score (nSPS) is 21.3. The van der Waals surface area contributed by atoms with Crippen LogP contribution in [0.5, 0.6) is 0 Å². The molecule has 0 bridgehead atoms. The lowest BCUT2D eigenvalue weighted by molar-refractivity contribution is 0.919. The van der Waals surface area contributed by atoms with E-state index in [9.17, 15) is 0 Å². The number of hydrogen-bond acceptors (Lipinski definition) is 5. The molecule has 26 heavy (non-hydrogen) atoms. The first-order chi connectivity index (χ1) is 12.7. The molecular formula is C20H20N6. The Morgan fingerprint density at radius 1 is 1.19 bits per heavy atom. The van der Waals surface area contributed by atoms with Crippen LogP contribution in [0.25, 0.3) is 22.6 Å². The molecule has 0 aliphatic heterocycles. The van der Waals surface area contributed by atoms with Crippen LogP contribution in [0.15, 0.2) is 48.3 Å². The third-order valence-corrected chi connectivity index (χ3v) is 5.42. The van der Waals surface area contributed by atoms with E-state index in [1.54, 1.807) is 6.20 Å². The summed E-state index contributed by atoms with van der Waals surface area (Å²) in [5.74, 6) is 1.47. The van der Waals surface area contributed by atoms with Crippen molar-refractivity contribution >= 4 is 17.2 Å². The van der Waals surface area contributed by atoms with Crippen LogP contribution < -0.4 is 11.5 Å². The maximum absolute atomic E-state index is 5.84. The highest BCUT2D eigenvalue weighted by Gasteiger charge is 2.44. The zero-order valence-corrected chi connectivity index (χ0v) is 14.6. The molecule has 0 amide bonds. The molecule has 6 nitrogen and oxygen atoms in total. The Labute approximate surface area is 151 Å². The van der Waals surface area contributed by atoms with Crippen LogP contribution in [0.3, 0.4) is 0 Å². The van der Waals surface area contributed by atoms with E-state index in [-0.39, 0.29) is 5.95 Å². The molecule has 0 saturated heterocycles. The Morgan fingerprint density at radius 2 is 2.08 bits per heavy atom. The van der Waals surface area contributed by atoms with Gasteiger partial charge in [-0.15, -0.1) is 0 Å². The van der Waals surface area contributed by atoms with Gasteiger partial charge >= 0.3 is 0 Å². The largest absolute Gasteiger partial charge is 0.368 e. The van der Waals surface area contributed by atoms with Crippen molar-refractivity contribution in [1.29, 1.82) is 0 Å². The second kappa shape index (κ2) is 5.51. The van der Waals surface area contributed by atoms with Gasteiger partial charge in [0.2, 0.25) is 5.95 Å². The quantitative estimate of drug-likeness (QED) is 0.762. The lowest BCUT2D eigenvalue weighted by Gasteiger charge is -2.12. The average molecular weight is 344 g/mol. The molecule has 1 saturated carbocycles. The fourth-order valence-electron chi connectivity index (χ4n) is 3.93. The van der Waals surface area contributed by atoms with Gasteiger partial charge in [0, 0.05) is 18.9 Å². The maximum Gasteiger partial charge on any atom is 0.220 e. The van der Waals surface area contributed by atoms with Gasteiger partial charge in [-0.25, -0.2) is 15.0 Å².